The molecule has 0 aliphatic carbocycles. The van der Waals surface area contributed by atoms with Crippen LogP contribution in [0.25, 0.3) is 11.1 Å². The van der Waals surface area contributed by atoms with Crippen LogP contribution < -0.4 is 9.47 Å². The van der Waals surface area contributed by atoms with Gasteiger partial charge in [0.15, 0.2) is 0 Å². The molecule has 2 heterocycles. The molecule has 8 nitrogen and oxygen atoms in total. The van der Waals surface area contributed by atoms with Crippen LogP contribution in [0.5, 0.6) is 11.5 Å². The van der Waals surface area contributed by atoms with Crippen LogP contribution in [0.15, 0.2) is 47.4 Å². The highest BCUT2D eigenvalue weighted by molar-refractivity contribution is 7.89. The normalized spacial score (nSPS) is 23.5. The highest BCUT2D eigenvalue weighted by atomic mass is 32.2. The van der Waals surface area contributed by atoms with Gasteiger partial charge in [-0.1, -0.05) is 25.1 Å². The summed E-state index contributed by atoms with van der Waals surface area (Å²) in [5.41, 5.74) is 1.80. The number of likely N-dealkylation sites (N-methyl/N-ethyl adjacent to an activating group) is 1. The number of hydrogen-bond donors (Lipinski definition) is 1. The minimum absolute atomic E-state index is 0.0845. The zero-order valence-electron chi connectivity index (χ0n) is 22.3. The number of hydrogen-bond acceptors (Lipinski definition) is 7. The lowest BCUT2D eigenvalue weighted by molar-refractivity contribution is 0.0402. The lowest BCUT2D eigenvalue weighted by atomic mass is 9.98. The Labute approximate surface area is 221 Å². The molecular formula is C28H40N2O6S. The van der Waals surface area contributed by atoms with Gasteiger partial charge in [0.25, 0.3) is 0 Å². The molecule has 0 saturated carbocycles. The number of benzene rings is 2. The number of aliphatic hydroxyl groups is 1. The van der Waals surface area contributed by atoms with E-state index in [1.807, 2.05) is 37.3 Å². The van der Waals surface area contributed by atoms with Gasteiger partial charge in [0.1, 0.15) is 22.5 Å². The van der Waals surface area contributed by atoms with Crippen LogP contribution in [0.2, 0.25) is 0 Å². The van der Waals surface area contributed by atoms with Crippen molar-refractivity contribution >= 4 is 10.0 Å². The molecule has 0 aromatic heterocycles. The minimum Gasteiger partial charge on any atom is -0.497 e. The van der Waals surface area contributed by atoms with E-state index in [0.29, 0.717) is 18.2 Å². The average Bonchev–Trinajstić information content (AvgIpc) is 2.90. The van der Waals surface area contributed by atoms with Crippen molar-refractivity contribution in [2.24, 2.45) is 11.8 Å². The molecule has 2 aromatic rings. The number of ether oxygens (including phenoxy) is 3. The molecule has 0 unspecified atom stereocenters. The molecule has 9 heteroatoms. The molecule has 1 fully saturated rings. The van der Waals surface area contributed by atoms with Gasteiger partial charge >= 0.3 is 0 Å². The Balaban J connectivity index is 1.68. The quantitative estimate of drug-likeness (QED) is 0.557. The lowest BCUT2D eigenvalue weighted by Crippen LogP contribution is -2.50. The fraction of sp³-hybridized carbons (Fsp3) is 0.571. The van der Waals surface area contributed by atoms with E-state index in [0.717, 1.165) is 49.5 Å². The fourth-order valence-electron chi connectivity index (χ4n) is 5.16. The monoisotopic (exact) mass is 532 g/mol. The van der Waals surface area contributed by atoms with Crippen molar-refractivity contribution in [3.63, 3.8) is 0 Å². The zero-order chi connectivity index (χ0) is 26.6. The summed E-state index contributed by atoms with van der Waals surface area (Å²) in [5, 5.41) is 9.88. The van der Waals surface area contributed by atoms with Crippen LogP contribution in [0.4, 0.5) is 0 Å². The number of nitrogens with zero attached hydrogens (tertiary/aromatic N) is 2. The van der Waals surface area contributed by atoms with Crippen molar-refractivity contribution in [3.05, 3.63) is 42.5 Å². The summed E-state index contributed by atoms with van der Waals surface area (Å²) in [6.07, 6.45) is 1.89. The summed E-state index contributed by atoms with van der Waals surface area (Å²) in [6.45, 7) is 7.03. The Morgan fingerprint density at radius 1 is 1.11 bits per heavy atom. The number of methoxy groups -OCH3 is 1. The van der Waals surface area contributed by atoms with Gasteiger partial charge in [0, 0.05) is 44.8 Å². The van der Waals surface area contributed by atoms with Crippen molar-refractivity contribution < 1.29 is 27.7 Å². The smallest absolute Gasteiger partial charge is 0.247 e. The molecule has 2 aromatic carbocycles. The fourth-order valence-corrected chi connectivity index (χ4v) is 6.98. The molecule has 0 radical (unpaired) electrons. The molecule has 1 saturated heterocycles. The van der Waals surface area contributed by atoms with Crippen molar-refractivity contribution in [2.45, 2.75) is 43.7 Å². The number of aliphatic hydroxyl groups excluding tert-OH is 1. The van der Waals surface area contributed by atoms with Gasteiger partial charge in [-0.05, 0) is 68.1 Å². The summed E-state index contributed by atoms with van der Waals surface area (Å²) in [4.78, 5) is 2.43. The number of sulfonamides is 1. The molecule has 4 rings (SSSR count). The minimum atomic E-state index is -3.87. The third-order valence-electron chi connectivity index (χ3n) is 7.49. The topological polar surface area (TPSA) is 88.5 Å². The van der Waals surface area contributed by atoms with E-state index in [2.05, 4.69) is 11.9 Å². The Kier molecular flexibility index (Phi) is 9.13. The molecule has 0 bridgehead atoms. The van der Waals surface area contributed by atoms with Gasteiger partial charge in [-0.25, -0.2) is 8.42 Å². The predicted octanol–water partition coefficient (Wildman–Crippen LogP) is 3.49. The SMILES string of the molecule is COc1ccc(-c2ccc3c(c2)O[C@@H](CN(C)CC2CCOCC2)[C@H](C)CN([C@@H](C)CO)S3(=O)=O)cc1. The Morgan fingerprint density at radius 2 is 1.78 bits per heavy atom. The van der Waals surface area contributed by atoms with E-state index in [-0.39, 0.29) is 30.1 Å². The molecule has 204 valence electrons. The first-order valence-electron chi connectivity index (χ1n) is 13.1. The Hall–Kier alpha value is -2.17. The summed E-state index contributed by atoms with van der Waals surface area (Å²) >= 11 is 0. The van der Waals surface area contributed by atoms with Gasteiger partial charge < -0.3 is 24.2 Å². The van der Waals surface area contributed by atoms with Gasteiger partial charge in [0.2, 0.25) is 10.0 Å². The van der Waals surface area contributed by atoms with E-state index in [9.17, 15) is 13.5 Å². The van der Waals surface area contributed by atoms with Crippen molar-refractivity contribution in [1.82, 2.24) is 9.21 Å². The van der Waals surface area contributed by atoms with Gasteiger partial charge in [0.05, 0.1) is 13.7 Å². The maximum atomic E-state index is 13.7. The number of rotatable bonds is 8. The second-order valence-corrected chi connectivity index (χ2v) is 12.3. The summed E-state index contributed by atoms with van der Waals surface area (Å²) < 4.78 is 46.2. The maximum Gasteiger partial charge on any atom is 0.247 e. The highest BCUT2D eigenvalue weighted by Gasteiger charge is 2.38. The third kappa shape index (κ3) is 6.46. The molecular weight excluding hydrogens is 492 g/mol. The van der Waals surface area contributed by atoms with Gasteiger partial charge in [-0.15, -0.1) is 0 Å². The van der Waals surface area contributed by atoms with Crippen LogP contribution in [0, 0.1) is 11.8 Å². The molecule has 0 amide bonds. The van der Waals surface area contributed by atoms with Crippen molar-refractivity contribution in [1.29, 1.82) is 0 Å². The standard InChI is InChI=1S/C28H40N2O6S/c1-20-16-30(21(2)19-31)37(32,33)28-10-7-24(23-5-8-25(34-4)9-6-23)15-26(28)36-27(20)18-29(3)17-22-11-13-35-14-12-22/h5-10,15,20-22,27,31H,11-14,16-19H2,1-4H3/t20-,21+,27+/m1/s1. The summed E-state index contributed by atoms with van der Waals surface area (Å²) in [5.74, 6) is 1.60. The van der Waals surface area contributed by atoms with Crippen LogP contribution >= 0.6 is 0 Å². The number of fused-ring (bicyclic) bond motifs is 1. The summed E-state index contributed by atoms with van der Waals surface area (Å²) in [6, 6.07) is 12.4. The molecule has 2 aliphatic heterocycles. The van der Waals surface area contributed by atoms with Crippen molar-refractivity contribution in [3.8, 4) is 22.6 Å². The van der Waals surface area contributed by atoms with E-state index in [4.69, 9.17) is 14.2 Å². The zero-order valence-corrected chi connectivity index (χ0v) is 23.1. The van der Waals surface area contributed by atoms with Crippen LogP contribution in [0.1, 0.15) is 26.7 Å². The molecule has 3 atom stereocenters. The second kappa shape index (κ2) is 12.1. The Bertz CT molecular complexity index is 1130. The van der Waals surface area contributed by atoms with E-state index >= 15 is 0 Å². The summed E-state index contributed by atoms with van der Waals surface area (Å²) in [7, 11) is -0.146. The molecule has 37 heavy (non-hydrogen) atoms. The van der Waals surface area contributed by atoms with E-state index in [1.165, 1.54) is 4.31 Å². The molecule has 2 aliphatic rings. The Morgan fingerprint density at radius 3 is 2.43 bits per heavy atom. The predicted molar refractivity (Wildman–Crippen MR) is 143 cm³/mol. The maximum absolute atomic E-state index is 13.7. The van der Waals surface area contributed by atoms with E-state index in [1.54, 1.807) is 26.2 Å². The van der Waals surface area contributed by atoms with Crippen LogP contribution in [-0.2, 0) is 14.8 Å². The first-order valence-corrected chi connectivity index (χ1v) is 14.5. The van der Waals surface area contributed by atoms with Crippen molar-refractivity contribution in [2.75, 3.05) is 53.6 Å². The molecule has 0 spiro atoms. The van der Waals surface area contributed by atoms with E-state index < -0.39 is 16.1 Å². The van der Waals surface area contributed by atoms with Gasteiger partial charge in [-0.2, -0.15) is 4.31 Å². The highest BCUT2D eigenvalue weighted by Crippen LogP contribution is 2.37. The second-order valence-electron chi connectivity index (χ2n) is 10.4. The van der Waals surface area contributed by atoms with Crippen LogP contribution in [-0.4, -0.2) is 88.5 Å². The first kappa shape index (κ1) is 27.9. The first-order chi connectivity index (χ1) is 17.7. The van der Waals surface area contributed by atoms with Crippen LogP contribution in [0.3, 0.4) is 0 Å². The van der Waals surface area contributed by atoms with Gasteiger partial charge in [-0.3, -0.25) is 0 Å². The average molecular weight is 533 g/mol. The largest absolute Gasteiger partial charge is 0.497 e. The molecule has 1 N–H and O–H groups in total. The third-order valence-corrected chi connectivity index (χ3v) is 9.51. The lowest BCUT2D eigenvalue weighted by Gasteiger charge is -2.38.